The Balaban J connectivity index is 2.38. The lowest BCUT2D eigenvalue weighted by atomic mass is 9.99. The third kappa shape index (κ3) is 3.45. The number of aliphatic hydroxyl groups excluding tert-OH is 1. The third-order valence-corrected chi connectivity index (χ3v) is 3.45. The van der Waals surface area contributed by atoms with Crippen molar-refractivity contribution in [3.63, 3.8) is 0 Å². The number of ether oxygens (including phenoxy) is 1. The molecule has 0 bridgehead atoms. The van der Waals surface area contributed by atoms with Crippen LogP contribution in [0.5, 0.6) is 5.75 Å². The SMILES string of the molecule is COc1ccc(F)c(-c2cc(C(O)CC(C)C)c(C)o2)c1. The zero-order valence-electron chi connectivity index (χ0n) is 12.8. The molecule has 1 unspecified atom stereocenters. The lowest BCUT2D eigenvalue weighted by Gasteiger charge is -2.11. The summed E-state index contributed by atoms with van der Waals surface area (Å²) >= 11 is 0. The van der Waals surface area contributed by atoms with Crippen LogP contribution < -0.4 is 4.74 Å². The summed E-state index contributed by atoms with van der Waals surface area (Å²) in [5, 5.41) is 10.2. The Morgan fingerprint density at radius 1 is 1.29 bits per heavy atom. The average molecular weight is 292 g/mol. The smallest absolute Gasteiger partial charge is 0.137 e. The van der Waals surface area contributed by atoms with Gasteiger partial charge in [0.05, 0.1) is 18.8 Å². The first-order chi connectivity index (χ1) is 9.92. The number of aryl methyl sites for hydroxylation is 1. The van der Waals surface area contributed by atoms with E-state index in [4.69, 9.17) is 9.15 Å². The number of hydrogen-bond donors (Lipinski definition) is 1. The quantitative estimate of drug-likeness (QED) is 0.883. The number of halogens is 1. The summed E-state index contributed by atoms with van der Waals surface area (Å²) in [6.07, 6.45) is 0.0385. The van der Waals surface area contributed by atoms with Crippen LogP contribution in [-0.4, -0.2) is 12.2 Å². The molecule has 2 rings (SSSR count). The molecule has 0 spiro atoms. The molecule has 21 heavy (non-hydrogen) atoms. The topological polar surface area (TPSA) is 42.6 Å². The van der Waals surface area contributed by atoms with Gasteiger partial charge in [-0.15, -0.1) is 0 Å². The highest BCUT2D eigenvalue weighted by Crippen LogP contribution is 2.34. The Morgan fingerprint density at radius 3 is 2.62 bits per heavy atom. The summed E-state index contributed by atoms with van der Waals surface area (Å²) < 4.78 is 24.7. The van der Waals surface area contributed by atoms with Crippen molar-refractivity contribution >= 4 is 0 Å². The van der Waals surface area contributed by atoms with E-state index in [2.05, 4.69) is 0 Å². The van der Waals surface area contributed by atoms with Gasteiger partial charge in [0.15, 0.2) is 0 Å². The summed E-state index contributed by atoms with van der Waals surface area (Å²) in [5.74, 6) is 1.56. The van der Waals surface area contributed by atoms with E-state index in [1.54, 1.807) is 25.1 Å². The van der Waals surface area contributed by atoms with E-state index < -0.39 is 6.10 Å². The molecule has 0 saturated heterocycles. The van der Waals surface area contributed by atoms with Crippen molar-refractivity contribution in [2.24, 2.45) is 5.92 Å². The van der Waals surface area contributed by atoms with E-state index in [9.17, 15) is 9.50 Å². The molecule has 0 aliphatic rings. The van der Waals surface area contributed by atoms with Crippen LogP contribution in [0.25, 0.3) is 11.3 Å². The molecule has 0 fully saturated rings. The number of benzene rings is 1. The van der Waals surface area contributed by atoms with Crippen LogP contribution in [0, 0.1) is 18.7 Å². The van der Waals surface area contributed by atoms with Gasteiger partial charge in [-0.1, -0.05) is 13.8 Å². The first kappa shape index (κ1) is 15.6. The van der Waals surface area contributed by atoms with Crippen molar-refractivity contribution in [3.8, 4) is 17.1 Å². The molecule has 1 aromatic heterocycles. The van der Waals surface area contributed by atoms with Gasteiger partial charge in [0.2, 0.25) is 0 Å². The molecular weight excluding hydrogens is 271 g/mol. The Morgan fingerprint density at radius 2 is 2.00 bits per heavy atom. The van der Waals surface area contributed by atoms with Gasteiger partial charge < -0.3 is 14.3 Å². The van der Waals surface area contributed by atoms with Crippen molar-refractivity contribution in [1.29, 1.82) is 0 Å². The van der Waals surface area contributed by atoms with Crippen molar-refractivity contribution in [2.45, 2.75) is 33.3 Å². The zero-order valence-corrected chi connectivity index (χ0v) is 12.8. The molecule has 3 nitrogen and oxygen atoms in total. The second-order valence-corrected chi connectivity index (χ2v) is 5.61. The largest absolute Gasteiger partial charge is 0.497 e. The van der Waals surface area contributed by atoms with E-state index in [1.807, 2.05) is 13.8 Å². The Labute approximate surface area is 124 Å². The lowest BCUT2D eigenvalue weighted by molar-refractivity contribution is 0.149. The van der Waals surface area contributed by atoms with Gasteiger partial charge in [-0.25, -0.2) is 4.39 Å². The van der Waals surface area contributed by atoms with Crippen LogP contribution in [-0.2, 0) is 0 Å². The average Bonchev–Trinajstić information content (AvgIpc) is 2.80. The first-order valence-corrected chi connectivity index (χ1v) is 7.04. The summed E-state index contributed by atoms with van der Waals surface area (Å²) in [6, 6.07) is 6.20. The lowest BCUT2D eigenvalue weighted by Crippen LogP contribution is -2.01. The molecule has 1 aromatic carbocycles. The minimum absolute atomic E-state index is 0.334. The maximum atomic E-state index is 14.0. The van der Waals surface area contributed by atoms with Crippen LogP contribution in [0.3, 0.4) is 0 Å². The Bertz CT molecular complexity index is 616. The summed E-state index contributed by atoms with van der Waals surface area (Å²) in [7, 11) is 1.53. The van der Waals surface area contributed by atoms with Crippen LogP contribution in [0.4, 0.5) is 4.39 Å². The minimum atomic E-state index is -0.601. The summed E-state index contributed by atoms with van der Waals surface area (Å²) in [5.41, 5.74) is 1.04. The number of rotatable bonds is 5. The predicted molar refractivity (Wildman–Crippen MR) is 79.8 cm³/mol. The molecule has 0 amide bonds. The normalized spacial score (nSPS) is 12.7. The van der Waals surface area contributed by atoms with E-state index >= 15 is 0 Å². The summed E-state index contributed by atoms with van der Waals surface area (Å²) in [4.78, 5) is 0. The number of hydrogen-bond acceptors (Lipinski definition) is 3. The van der Waals surface area contributed by atoms with Crippen molar-refractivity contribution in [2.75, 3.05) is 7.11 Å². The second kappa shape index (κ2) is 6.31. The maximum absolute atomic E-state index is 14.0. The van der Waals surface area contributed by atoms with E-state index in [-0.39, 0.29) is 5.82 Å². The first-order valence-electron chi connectivity index (χ1n) is 7.04. The highest BCUT2D eigenvalue weighted by Gasteiger charge is 2.19. The predicted octanol–water partition coefficient (Wildman–Crippen LogP) is 4.48. The third-order valence-electron chi connectivity index (χ3n) is 3.45. The Hall–Kier alpha value is -1.81. The van der Waals surface area contributed by atoms with Crippen molar-refractivity contribution < 1.29 is 18.7 Å². The van der Waals surface area contributed by atoms with Gasteiger partial charge in [-0.05, 0) is 43.5 Å². The van der Waals surface area contributed by atoms with Crippen LogP contribution in [0.2, 0.25) is 0 Å². The standard InChI is InChI=1S/C17H21FO3/c1-10(2)7-16(19)13-9-17(21-11(13)3)14-8-12(20-4)5-6-15(14)18/h5-6,8-10,16,19H,7H2,1-4H3. The fourth-order valence-corrected chi connectivity index (χ4v) is 2.35. The zero-order chi connectivity index (χ0) is 15.6. The highest BCUT2D eigenvalue weighted by atomic mass is 19.1. The minimum Gasteiger partial charge on any atom is -0.497 e. The second-order valence-electron chi connectivity index (χ2n) is 5.61. The molecule has 0 aliphatic carbocycles. The number of aliphatic hydroxyl groups is 1. The molecule has 1 heterocycles. The molecule has 114 valence electrons. The van der Waals surface area contributed by atoms with Crippen LogP contribution >= 0.6 is 0 Å². The molecule has 0 aliphatic heterocycles. The fourth-order valence-electron chi connectivity index (χ4n) is 2.35. The van der Waals surface area contributed by atoms with Crippen molar-refractivity contribution in [3.05, 3.63) is 41.4 Å². The van der Waals surface area contributed by atoms with Crippen LogP contribution in [0.15, 0.2) is 28.7 Å². The molecule has 1 N–H and O–H groups in total. The number of furan rings is 1. The van der Waals surface area contributed by atoms with Gasteiger partial charge in [-0.3, -0.25) is 0 Å². The summed E-state index contributed by atoms with van der Waals surface area (Å²) in [6.45, 7) is 5.86. The molecular formula is C17H21FO3. The monoisotopic (exact) mass is 292 g/mol. The van der Waals surface area contributed by atoms with E-state index in [0.717, 1.165) is 0 Å². The van der Waals surface area contributed by atoms with Gasteiger partial charge in [-0.2, -0.15) is 0 Å². The molecule has 0 saturated carbocycles. The van der Waals surface area contributed by atoms with Crippen molar-refractivity contribution in [1.82, 2.24) is 0 Å². The van der Waals surface area contributed by atoms with Gasteiger partial charge in [0.25, 0.3) is 0 Å². The molecule has 1 atom stereocenters. The van der Waals surface area contributed by atoms with Gasteiger partial charge in [0, 0.05) is 5.56 Å². The Kier molecular flexibility index (Phi) is 4.68. The maximum Gasteiger partial charge on any atom is 0.137 e. The molecule has 2 aromatic rings. The van der Waals surface area contributed by atoms with Gasteiger partial charge in [0.1, 0.15) is 23.1 Å². The van der Waals surface area contributed by atoms with E-state index in [0.29, 0.717) is 40.7 Å². The fraction of sp³-hybridized carbons (Fsp3) is 0.412. The van der Waals surface area contributed by atoms with Crippen LogP contribution in [0.1, 0.15) is 37.7 Å². The van der Waals surface area contributed by atoms with E-state index in [1.165, 1.54) is 13.2 Å². The highest BCUT2D eigenvalue weighted by molar-refractivity contribution is 5.62. The molecule has 4 heteroatoms. The molecule has 0 radical (unpaired) electrons. The number of methoxy groups -OCH3 is 1. The van der Waals surface area contributed by atoms with Gasteiger partial charge >= 0.3 is 0 Å².